The number of nitrogens with zero attached hydrogens (tertiary/aromatic N) is 2. The monoisotopic (exact) mass is 168 g/mol. The molecule has 0 fully saturated rings. The Bertz CT molecular complexity index is 301. The summed E-state index contributed by atoms with van der Waals surface area (Å²) in [7, 11) is 0. The van der Waals surface area contributed by atoms with Crippen molar-refractivity contribution in [3.8, 4) is 0 Å². The molecule has 0 aliphatic carbocycles. The molecule has 0 unspecified atom stereocenters. The second kappa shape index (κ2) is 2.46. The van der Waals surface area contributed by atoms with Crippen LogP contribution < -0.4 is 0 Å². The largest absolute Gasteiger partial charge is 0.370 e. The lowest BCUT2D eigenvalue weighted by Gasteiger charge is -1.99. The summed E-state index contributed by atoms with van der Waals surface area (Å²) in [5, 5.41) is 0.534. The summed E-state index contributed by atoms with van der Waals surface area (Å²) in [4.78, 5) is 8.26. The van der Waals surface area contributed by atoms with Gasteiger partial charge < -0.3 is 4.74 Å². The standard InChI is InChI=1S/C7H8N2OS/c1-4-5-2-10-3-6(5)9-7(11)8-4/h2-3H2,1H3,(H,8,9,11). The Morgan fingerprint density at radius 3 is 3.00 bits per heavy atom. The van der Waals surface area contributed by atoms with Crippen molar-refractivity contribution in [1.82, 2.24) is 9.97 Å². The van der Waals surface area contributed by atoms with Gasteiger partial charge in [-0.25, -0.2) is 9.97 Å². The van der Waals surface area contributed by atoms with Gasteiger partial charge in [0.1, 0.15) is 0 Å². The fraction of sp³-hybridized carbons (Fsp3) is 0.429. The highest BCUT2D eigenvalue weighted by Gasteiger charge is 2.16. The summed E-state index contributed by atoms with van der Waals surface area (Å²) in [5.41, 5.74) is 3.10. The SMILES string of the molecule is Cc1nc(S)nc2c1COC2. The van der Waals surface area contributed by atoms with Crippen molar-refractivity contribution in [3.63, 3.8) is 0 Å². The van der Waals surface area contributed by atoms with E-state index in [0.29, 0.717) is 18.4 Å². The van der Waals surface area contributed by atoms with E-state index >= 15 is 0 Å². The molecular formula is C7H8N2OS. The van der Waals surface area contributed by atoms with E-state index in [1.54, 1.807) is 0 Å². The zero-order chi connectivity index (χ0) is 7.84. The van der Waals surface area contributed by atoms with Gasteiger partial charge in [0.15, 0.2) is 5.16 Å². The van der Waals surface area contributed by atoms with E-state index in [-0.39, 0.29) is 0 Å². The zero-order valence-electron chi connectivity index (χ0n) is 6.16. The smallest absolute Gasteiger partial charge is 0.184 e. The first-order valence-electron chi connectivity index (χ1n) is 3.40. The zero-order valence-corrected chi connectivity index (χ0v) is 7.06. The van der Waals surface area contributed by atoms with Crippen LogP contribution in [0.1, 0.15) is 17.0 Å². The van der Waals surface area contributed by atoms with Gasteiger partial charge in [0.05, 0.1) is 18.9 Å². The minimum Gasteiger partial charge on any atom is -0.370 e. The average molecular weight is 168 g/mol. The third-order valence-electron chi connectivity index (χ3n) is 1.77. The van der Waals surface area contributed by atoms with Crippen LogP contribution in [0.3, 0.4) is 0 Å². The number of hydrogen-bond acceptors (Lipinski definition) is 4. The maximum atomic E-state index is 5.21. The van der Waals surface area contributed by atoms with Gasteiger partial charge in [0.25, 0.3) is 0 Å². The highest BCUT2D eigenvalue weighted by Crippen LogP contribution is 2.20. The number of ether oxygens (including phenoxy) is 1. The van der Waals surface area contributed by atoms with Crippen molar-refractivity contribution in [2.45, 2.75) is 25.3 Å². The highest BCUT2D eigenvalue weighted by atomic mass is 32.1. The molecule has 1 aromatic rings. The molecule has 1 aliphatic rings. The van der Waals surface area contributed by atoms with Crippen LogP contribution >= 0.6 is 12.6 Å². The van der Waals surface area contributed by atoms with E-state index in [1.165, 1.54) is 0 Å². The fourth-order valence-corrected chi connectivity index (χ4v) is 1.47. The molecule has 0 aromatic carbocycles. The van der Waals surface area contributed by atoms with Gasteiger partial charge in [-0.3, -0.25) is 0 Å². The topological polar surface area (TPSA) is 35.0 Å². The molecule has 0 atom stereocenters. The molecule has 58 valence electrons. The van der Waals surface area contributed by atoms with Gasteiger partial charge in [-0.05, 0) is 6.92 Å². The molecule has 0 bridgehead atoms. The number of hydrogen-bond donors (Lipinski definition) is 1. The summed E-state index contributed by atoms with van der Waals surface area (Å²) in [6.07, 6.45) is 0. The molecule has 0 radical (unpaired) electrons. The third kappa shape index (κ3) is 1.12. The minimum absolute atomic E-state index is 0.534. The van der Waals surface area contributed by atoms with Crippen molar-refractivity contribution < 1.29 is 4.74 Å². The van der Waals surface area contributed by atoms with Crippen molar-refractivity contribution >= 4 is 12.6 Å². The van der Waals surface area contributed by atoms with E-state index in [2.05, 4.69) is 22.6 Å². The Labute approximate surface area is 70.2 Å². The minimum atomic E-state index is 0.534. The molecule has 2 rings (SSSR count). The quantitative estimate of drug-likeness (QED) is 0.465. The highest BCUT2D eigenvalue weighted by molar-refractivity contribution is 7.80. The Balaban J connectivity index is 2.60. The molecule has 0 saturated carbocycles. The lowest BCUT2D eigenvalue weighted by Crippen LogP contribution is -1.96. The summed E-state index contributed by atoms with van der Waals surface area (Å²) in [5.74, 6) is 0. The molecule has 2 heterocycles. The summed E-state index contributed by atoms with van der Waals surface area (Å²) in [6.45, 7) is 3.20. The van der Waals surface area contributed by atoms with Crippen molar-refractivity contribution in [1.29, 1.82) is 0 Å². The first-order valence-corrected chi connectivity index (χ1v) is 3.85. The number of aryl methyl sites for hydroxylation is 1. The lowest BCUT2D eigenvalue weighted by molar-refractivity contribution is 0.133. The molecule has 1 aromatic heterocycles. The molecule has 1 aliphatic heterocycles. The van der Waals surface area contributed by atoms with Gasteiger partial charge in [0.2, 0.25) is 0 Å². The average Bonchev–Trinajstić information content (AvgIpc) is 2.34. The third-order valence-corrected chi connectivity index (χ3v) is 1.97. The van der Waals surface area contributed by atoms with Crippen LogP contribution in [0.2, 0.25) is 0 Å². The van der Waals surface area contributed by atoms with Crippen LogP contribution in [0.15, 0.2) is 5.16 Å². The molecule has 3 nitrogen and oxygen atoms in total. The molecule has 0 N–H and O–H groups in total. The Morgan fingerprint density at radius 1 is 1.36 bits per heavy atom. The Kier molecular flexibility index (Phi) is 1.58. The predicted octanol–water partition coefficient (Wildman–Crippen LogP) is 1.10. The number of aromatic nitrogens is 2. The normalized spacial score (nSPS) is 15.1. The Morgan fingerprint density at radius 2 is 2.18 bits per heavy atom. The van der Waals surface area contributed by atoms with Gasteiger partial charge in [0, 0.05) is 11.3 Å². The van der Waals surface area contributed by atoms with Gasteiger partial charge in [-0.15, -0.1) is 12.6 Å². The van der Waals surface area contributed by atoms with Crippen LogP contribution in [0, 0.1) is 6.92 Å². The van der Waals surface area contributed by atoms with Crippen LogP contribution in [0.4, 0.5) is 0 Å². The first-order chi connectivity index (χ1) is 5.27. The molecular weight excluding hydrogens is 160 g/mol. The summed E-state index contributed by atoms with van der Waals surface area (Å²) < 4.78 is 5.21. The van der Waals surface area contributed by atoms with E-state index in [0.717, 1.165) is 17.0 Å². The van der Waals surface area contributed by atoms with Gasteiger partial charge >= 0.3 is 0 Å². The van der Waals surface area contributed by atoms with Gasteiger partial charge in [-0.2, -0.15) is 0 Å². The van der Waals surface area contributed by atoms with Crippen molar-refractivity contribution in [3.05, 3.63) is 17.0 Å². The first kappa shape index (κ1) is 7.06. The van der Waals surface area contributed by atoms with Crippen LogP contribution in [-0.4, -0.2) is 9.97 Å². The maximum absolute atomic E-state index is 5.21. The van der Waals surface area contributed by atoms with E-state index < -0.39 is 0 Å². The maximum Gasteiger partial charge on any atom is 0.184 e. The Hall–Kier alpha value is -0.610. The number of rotatable bonds is 0. The van der Waals surface area contributed by atoms with Gasteiger partial charge in [-0.1, -0.05) is 0 Å². The van der Waals surface area contributed by atoms with Crippen LogP contribution in [0.25, 0.3) is 0 Å². The molecule has 4 heteroatoms. The molecule has 0 spiro atoms. The molecule has 11 heavy (non-hydrogen) atoms. The van der Waals surface area contributed by atoms with Crippen molar-refractivity contribution in [2.24, 2.45) is 0 Å². The molecule has 0 amide bonds. The van der Waals surface area contributed by atoms with E-state index in [1.807, 2.05) is 6.92 Å². The lowest BCUT2D eigenvalue weighted by atomic mass is 10.2. The summed E-state index contributed by atoms with van der Waals surface area (Å²) in [6, 6.07) is 0. The number of thiol groups is 1. The predicted molar refractivity (Wildman–Crippen MR) is 42.5 cm³/mol. The van der Waals surface area contributed by atoms with Crippen LogP contribution in [-0.2, 0) is 18.0 Å². The summed E-state index contributed by atoms with van der Waals surface area (Å²) >= 11 is 4.08. The van der Waals surface area contributed by atoms with Crippen LogP contribution in [0.5, 0.6) is 0 Å². The fourth-order valence-electron chi connectivity index (χ4n) is 1.20. The van der Waals surface area contributed by atoms with E-state index in [9.17, 15) is 0 Å². The second-order valence-electron chi connectivity index (χ2n) is 2.53. The van der Waals surface area contributed by atoms with E-state index in [4.69, 9.17) is 4.74 Å². The molecule has 0 saturated heterocycles. The van der Waals surface area contributed by atoms with Crippen molar-refractivity contribution in [2.75, 3.05) is 0 Å². The number of fused-ring (bicyclic) bond motifs is 1. The second-order valence-corrected chi connectivity index (χ2v) is 2.93.